The molecule has 8 heteroatoms. The first-order valence-corrected chi connectivity index (χ1v) is 6.51. The lowest BCUT2D eigenvalue weighted by atomic mass is 10.8. The van der Waals surface area contributed by atoms with Crippen molar-refractivity contribution in [2.45, 2.75) is 11.3 Å². The number of hydrogen-bond donors (Lipinski definition) is 1. The number of thioether (sulfide) groups is 2. The quantitative estimate of drug-likeness (QED) is 0.675. The maximum Gasteiger partial charge on any atom is 0.521 e. The van der Waals surface area contributed by atoms with Crippen molar-refractivity contribution in [1.82, 2.24) is 5.43 Å². The van der Waals surface area contributed by atoms with E-state index in [4.69, 9.17) is 4.74 Å². The lowest BCUT2D eigenvalue weighted by Gasteiger charge is -2.02. The van der Waals surface area contributed by atoms with Gasteiger partial charge in [-0.1, -0.05) is 0 Å². The van der Waals surface area contributed by atoms with Gasteiger partial charge in [-0.05, 0) is 11.6 Å². The Morgan fingerprint density at radius 1 is 1.56 bits per heavy atom. The minimum atomic E-state index is -0.320. The number of amidine groups is 1. The molecule has 6 nitrogen and oxygen atoms in total. The number of nitrogens with one attached hydrogen (secondary N) is 1. The van der Waals surface area contributed by atoms with Gasteiger partial charge in [-0.3, -0.25) is 4.99 Å². The molecule has 1 atom stereocenters. The number of hydrogen-bond acceptors (Lipinski definition) is 5. The summed E-state index contributed by atoms with van der Waals surface area (Å²) < 4.78 is 8.99. The van der Waals surface area contributed by atoms with Crippen LogP contribution in [0, 0.1) is 0 Å². The van der Waals surface area contributed by atoms with Crippen molar-refractivity contribution in [1.29, 1.82) is 0 Å². The van der Waals surface area contributed by atoms with Gasteiger partial charge < -0.3 is 4.74 Å². The Bertz CT molecular complexity index is 469. The molecule has 0 amide bonds. The smallest absolute Gasteiger partial charge is 0.469 e. The van der Waals surface area contributed by atoms with Crippen LogP contribution in [0.25, 0.3) is 0 Å². The van der Waals surface area contributed by atoms with Gasteiger partial charge in [-0.25, -0.2) is 0 Å². The summed E-state index contributed by atoms with van der Waals surface area (Å²) >= 11 is 3.21. The van der Waals surface area contributed by atoms with Crippen LogP contribution >= 0.6 is 23.5 Å². The molecule has 0 saturated carbocycles. The van der Waals surface area contributed by atoms with Crippen LogP contribution in [0.15, 0.2) is 10.1 Å². The van der Waals surface area contributed by atoms with Crippen molar-refractivity contribution in [2.24, 2.45) is 10.1 Å². The topological polar surface area (TPSA) is 52.0 Å². The van der Waals surface area contributed by atoms with Crippen LogP contribution in [-0.4, -0.2) is 50.2 Å². The lowest BCUT2D eigenvalue weighted by Crippen LogP contribution is -2.38. The van der Waals surface area contributed by atoms with E-state index in [0.29, 0.717) is 11.8 Å². The van der Waals surface area contributed by atoms with Gasteiger partial charge in [0.1, 0.15) is 11.8 Å². The first kappa shape index (κ1) is 10.2. The van der Waals surface area contributed by atoms with E-state index in [-0.39, 0.29) is 4.33 Å². The highest BCUT2D eigenvalue weighted by Crippen LogP contribution is 2.47. The summed E-state index contributed by atoms with van der Waals surface area (Å²) in [5, 5.41) is 5.97. The Kier molecular flexibility index (Phi) is 2.21. The maximum absolute atomic E-state index is 5.44. The molecule has 84 valence electrons. The van der Waals surface area contributed by atoms with Crippen LogP contribution in [0.4, 0.5) is 0 Å². The van der Waals surface area contributed by atoms with Crippen molar-refractivity contribution in [2.75, 3.05) is 13.7 Å². The molecule has 1 saturated heterocycles. The van der Waals surface area contributed by atoms with Gasteiger partial charge in [0, 0.05) is 11.7 Å². The molecule has 1 fully saturated rings. The van der Waals surface area contributed by atoms with Gasteiger partial charge in [0.2, 0.25) is 5.17 Å². The summed E-state index contributed by atoms with van der Waals surface area (Å²) in [4.78, 5) is 4.16. The summed E-state index contributed by atoms with van der Waals surface area (Å²) in [7, 11) is 1.77. The summed E-state index contributed by atoms with van der Waals surface area (Å²) in [5.74, 6) is 0. The number of hydrazine groups is 1. The van der Waals surface area contributed by atoms with Crippen molar-refractivity contribution < 1.29 is 14.1 Å². The van der Waals surface area contributed by atoms with Gasteiger partial charge in [0.05, 0.1) is 23.5 Å². The molecule has 1 spiro atoms. The second-order valence-electron chi connectivity index (χ2n) is 3.20. The standard InChI is InChI=1S/C8H10N5OS2/c1-3-14-7-11-13-5-4-12-8(13,16-7)15-6(9-2)10-12/h4-5H,3H2,1-2H3/q+1/p+1. The SMILES string of the molecule is CCOC1=N[N+]2=CC=[N+]3NC(=NC)SC23S1. The molecule has 0 radical (unpaired) electrons. The van der Waals surface area contributed by atoms with Crippen molar-refractivity contribution >= 4 is 46.4 Å². The third-order valence-corrected chi connectivity index (χ3v) is 4.92. The molecule has 0 aromatic rings. The molecule has 0 aromatic carbocycles. The predicted molar refractivity (Wildman–Crippen MR) is 66.1 cm³/mol. The molecule has 1 unspecified atom stereocenters. The van der Waals surface area contributed by atoms with Crippen molar-refractivity contribution in [3.05, 3.63) is 0 Å². The summed E-state index contributed by atoms with van der Waals surface area (Å²) in [5.41, 5.74) is 3.20. The summed E-state index contributed by atoms with van der Waals surface area (Å²) in [6.45, 7) is 2.59. The number of ether oxygens (including phenoxy) is 1. The van der Waals surface area contributed by atoms with E-state index in [0.717, 1.165) is 5.17 Å². The van der Waals surface area contributed by atoms with Crippen LogP contribution in [-0.2, 0) is 4.74 Å². The zero-order valence-electron chi connectivity index (χ0n) is 8.88. The largest absolute Gasteiger partial charge is 0.521 e. The van der Waals surface area contributed by atoms with E-state index in [1.165, 1.54) is 0 Å². The van der Waals surface area contributed by atoms with Crippen molar-refractivity contribution in [3.63, 3.8) is 0 Å². The number of aliphatic imine (C=N–C) groups is 1. The third kappa shape index (κ3) is 1.23. The highest BCUT2D eigenvalue weighted by molar-refractivity contribution is 8.30. The zero-order chi connectivity index (χ0) is 11.2. The van der Waals surface area contributed by atoms with Crippen LogP contribution in [0.5, 0.6) is 0 Å². The lowest BCUT2D eigenvalue weighted by molar-refractivity contribution is -0.764. The monoisotopic (exact) mass is 257 g/mol. The maximum atomic E-state index is 5.44. The Labute approximate surface area is 101 Å². The molecule has 3 aliphatic rings. The molecular weight excluding hydrogens is 246 g/mol. The predicted octanol–water partition coefficient (Wildman–Crippen LogP) is 0.0694. The van der Waals surface area contributed by atoms with Crippen LogP contribution in [0.3, 0.4) is 0 Å². The fourth-order valence-corrected chi connectivity index (χ4v) is 4.03. The minimum Gasteiger partial charge on any atom is -0.469 e. The normalized spacial score (nSPS) is 32.9. The molecule has 3 rings (SSSR count). The van der Waals surface area contributed by atoms with Gasteiger partial charge in [0.15, 0.2) is 0 Å². The highest BCUT2D eigenvalue weighted by atomic mass is 32.2. The summed E-state index contributed by atoms with van der Waals surface area (Å²) in [6, 6.07) is 0. The fraction of sp³-hybridized carbons (Fsp3) is 0.500. The van der Waals surface area contributed by atoms with Gasteiger partial charge in [-0.2, -0.15) is 0 Å². The number of rotatable bonds is 1. The third-order valence-electron chi connectivity index (χ3n) is 2.28. The van der Waals surface area contributed by atoms with Crippen LogP contribution in [0.2, 0.25) is 0 Å². The molecule has 3 heterocycles. The molecule has 0 bridgehead atoms. The van der Waals surface area contributed by atoms with E-state index in [2.05, 4.69) is 15.5 Å². The molecule has 0 aliphatic carbocycles. The van der Waals surface area contributed by atoms with Gasteiger partial charge in [-0.15, -0.1) is 5.43 Å². The van der Waals surface area contributed by atoms with E-state index in [9.17, 15) is 0 Å². The van der Waals surface area contributed by atoms with E-state index in [1.807, 2.05) is 28.7 Å². The van der Waals surface area contributed by atoms with E-state index >= 15 is 0 Å². The zero-order valence-corrected chi connectivity index (χ0v) is 10.5. The van der Waals surface area contributed by atoms with Crippen molar-refractivity contribution in [3.8, 4) is 0 Å². The highest BCUT2D eigenvalue weighted by Gasteiger charge is 2.71. The van der Waals surface area contributed by atoms with E-state index < -0.39 is 0 Å². The number of nitrogens with zero attached hydrogens (tertiary/aromatic N) is 4. The van der Waals surface area contributed by atoms with Crippen LogP contribution < -0.4 is 5.43 Å². The summed E-state index contributed by atoms with van der Waals surface area (Å²) in [6.07, 6.45) is 3.87. The molecule has 3 aliphatic heterocycles. The second-order valence-corrected chi connectivity index (χ2v) is 5.75. The number of hydrazone groups is 2. The average molecular weight is 257 g/mol. The molecule has 0 aromatic heterocycles. The molecular formula is C8H11N5OS2+2. The Morgan fingerprint density at radius 3 is 3.19 bits per heavy atom. The van der Waals surface area contributed by atoms with Crippen LogP contribution in [0.1, 0.15) is 6.92 Å². The Hall–Kier alpha value is -1.02. The average Bonchev–Trinajstić information content (AvgIpc) is 2.85. The minimum absolute atomic E-state index is 0.320. The van der Waals surface area contributed by atoms with Gasteiger partial charge >= 0.3 is 9.56 Å². The van der Waals surface area contributed by atoms with Gasteiger partial charge in [0.25, 0.3) is 12.4 Å². The molecule has 16 heavy (non-hydrogen) atoms. The fourth-order valence-electron chi connectivity index (χ4n) is 1.60. The first-order valence-electron chi connectivity index (χ1n) is 4.88. The van der Waals surface area contributed by atoms with E-state index in [1.54, 1.807) is 30.6 Å². The Morgan fingerprint density at radius 2 is 2.44 bits per heavy atom. The first-order chi connectivity index (χ1) is 7.78. The molecule has 1 N–H and O–H groups in total. The second kappa shape index (κ2) is 3.49. The Balaban J connectivity index is 1.92.